The van der Waals surface area contributed by atoms with Crippen molar-refractivity contribution in [2.24, 2.45) is 11.8 Å². The molecule has 3 atom stereocenters. The third kappa shape index (κ3) is 16.3. The van der Waals surface area contributed by atoms with Gasteiger partial charge in [0.25, 0.3) is 0 Å². The fourth-order valence-corrected chi connectivity index (χ4v) is 3.21. The molecule has 0 radical (unpaired) electrons. The van der Waals surface area contributed by atoms with E-state index in [4.69, 9.17) is 9.47 Å². The van der Waals surface area contributed by atoms with E-state index in [0.29, 0.717) is 24.6 Å². The van der Waals surface area contributed by atoms with Crippen LogP contribution < -0.4 is 5.26 Å². The number of carbonyl (C=O) groups is 2. The topological polar surface area (TPSA) is 94.1 Å². The summed E-state index contributed by atoms with van der Waals surface area (Å²) >= 11 is 0.479. The average Bonchev–Trinajstić information content (AvgIpc) is 2.71. The van der Waals surface area contributed by atoms with Gasteiger partial charge in [-0.1, -0.05) is 66.2 Å². The molecule has 0 aliphatic rings. The molecule has 7 nitrogen and oxygen atoms in total. The second-order valence-electron chi connectivity index (χ2n) is 7.07. The summed E-state index contributed by atoms with van der Waals surface area (Å²) in [5.41, 5.74) is 0. The quantitative estimate of drug-likeness (QED) is 0.0861. The Morgan fingerprint density at radius 3 is 1.86 bits per heavy atom. The molecule has 176 valence electrons. The van der Waals surface area contributed by atoms with Crippen LogP contribution in [0.3, 0.4) is 0 Å². The molecule has 0 fully saturated rings. The van der Waals surface area contributed by atoms with Crippen LogP contribution in [-0.4, -0.2) is 30.4 Å². The van der Waals surface area contributed by atoms with Crippen LogP contribution in [-0.2, 0) is 50.8 Å². The Bertz CT molecular complexity index is 412. The summed E-state index contributed by atoms with van der Waals surface area (Å²) in [6, 6.07) is 0. The van der Waals surface area contributed by atoms with Gasteiger partial charge in [0.05, 0.1) is 19.6 Å². The molecule has 0 aliphatic carbocycles. The largest absolute Gasteiger partial charge is 1.00 e. The van der Waals surface area contributed by atoms with Crippen molar-refractivity contribution in [2.75, 3.05) is 13.2 Å². The SMILES string of the molecule is CCCCC(CC)COC(=O)CC(SOO[O-])C(=O)OCC(CC)CCCC.[Ag+]. The minimum Gasteiger partial charge on any atom is -0.691 e. The van der Waals surface area contributed by atoms with E-state index in [0.717, 1.165) is 51.4 Å². The van der Waals surface area contributed by atoms with E-state index in [2.05, 4.69) is 37.1 Å². The van der Waals surface area contributed by atoms with Gasteiger partial charge >= 0.3 is 34.3 Å². The van der Waals surface area contributed by atoms with E-state index in [1.54, 1.807) is 0 Å². The first-order chi connectivity index (χ1) is 13.5. The zero-order valence-electron chi connectivity index (χ0n) is 18.1. The molecule has 0 heterocycles. The number of ether oxygens (including phenoxy) is 2. The molecule has 0 rings (SSSR count). The van der Waals surface area contributed by atoms with Gasteiger partial charge in [-0.05, 0) is 24.7 Å². The van der Waals surface area contributed by atoms with Crippen molar-refractivity contribution < 1.29 is 56.1 Å². The molecule has 0 aliphatic heterocycles. The van der Waals surface area contributed by atoms with Crippen LogP contribution in [0.1, 0.15) is 85.5 Å². The van der Waals surface area contributed by atoms with E-state index in [-0.39, 0.29) is 41.3 Å². The molecule has 29 heavy (non-hydrogen) atoms. The second kappa shape index (κ2) is 21.2. The van der Waals surface area contributed by atoms with Crippen LogP contribution in [0.15, 0.2) is 0 Å². The Morgan fingerprint density at radius 1 is 0.897 bits per heavy atom. The molecule has 9 heteroatoms. The number of carbonyl (C=O) groups excluding carboxylic acids is 2. The van der Waals surface area contributed by atoms with E-state index in [1.165, 1.54) is 0 Å². The fraction of sp³-hybridized carbons (Fsp3) is 0.900. The van der Waals surface area contributed by atoms with Crippen molar-refractivity contribution in [1.82, 2.24) is 0 Å². The normalized spacial score (nSPS) is 13.8. The van der Waals surface area contributed by atoms with E-state index in [9.17, 15) is 14.8 Å². The maximum absolute atomic E-state index is 12.3. The molecular weight excluding hydrogens is 492 g/mol. The molecule has 0 aromatic carbocycles. The Kier molecular flexibility index (Phi) is 22.7. The Labute approximate surface area is 195 Å². The van der Waals surface area contributed by atoms with Crippen molar-refractivity contribution in [3.05, 3.63) is 0 Å². The fourth-order valence-electron chi connectivity index (χ4n) is 2.73. The van der Waals surface area contributed by atoms with E-state index in [1.807, 2.05) is 0 Å². The molecule has 0 N–H and O–H groups in total. The number of rotatable bonds is 18. The standard InChI is InChI=1S/C20H38O7S.Ag/c1-5-9-11-16(7-3)14-24-19(21)13-18(28-27-26-23)20(22)25-15-17(8-4)12-10-6-2;/h16-18,23H,5-15H2,1-4H3;/q;+1/p-1. The van der Waals surface area contributed by atoms with Crippen molar-refractivity contribution in [1.29, 1.82) is 0 Å². The monoisotopic (exact) mass is 528 g/mol. The predicted octanol–water partition coefficient (Wildman–Crippen LogP) is 4.13. The van der Waals surface area contributed by atoms with Crippen LogP contribution in [0, 0.1) is 11.8 Å². The molecule has 0 amide bonds. The van der Waals surface area contributed by atoms with Gasteiger partial charge in [0, 0.05) is 12.0 Å². The van der Waals surface area contributed by atoms with Crippen molar-refractivity contribution in [3.8, 4) is 0 Å². The van der Waals surface area contributed by atoms with Crippen LogP contribution in [0.25, 0.3) is 0 Å². The van der Waals surface area contributed by atoms with Crippen molar-refractivity contribution in [2.45, 2.75) is 90.7 Å². The molecule has 0 aromatic heterocycles. The first kappa shape index (κ1) is 31.1. The van der Waals surface area contributed by atoms with Gasteiger partial charge in [0.15, 0.2) is 0 Å². The van der Waals surface area contributed by atoms with Gasteiger partial charge in [0.1, 0.15) is 5.25 Å². The molecule has 0 saturated heterocycles. The van der Waals surface area contributed by atoms with Crippen molar-refractivity contribution >= 4 is 24.0 Å². The number of esters is 2. The number of hydrogen-bond donors (Lipinski definition) is 0. The average molecular weight is 529 g/mol. The molecule has 0 bridgehead atoms. The molecule has 3 unspecified atom stereocenters. The van der Waals surface area contributed by atoms with Gasteiger partial charge in [-0.25, -0.2) is 0 Å². The summed E-state index contributed by atoms with van der Waals surface area (Å²) in [6.45, 7) is 8.96. The van der Waals surface area contributed by atoms with Gasteiger partial charge in [0.2, 0.25) is 0 Å². The van der Waals surface area contributed by atoms with E-state index >= 15 is 0 Å². The molecule has 0 spiro atoms. The van der Waals surface area contributed by atoms with Gasteiger partial charge in [-0.3, -0.25) is 14.6 Å². The first-order valence-electron chi connectivity index (χ1n) is 10.5. The van der Waals surface area contributed by atoms with Crippen LogP contribution >= 0.6 is 12.0 Å². The van der Waals surface area contributed by atoms with Crippen LogP contribution in [0.5, 0.6) is 0 Å². The zero-order chi connectivity index (χ0) is 21.2. The summed E-state index contributed by atoms with van der Waals surface area (Å²) in [5, 5.41) is 12.4. The van der Waals surface area contributed by atoms with E-state index < -0.39 is 17.2 Å². The molecule has 0 saturated carbocycles. The third-order valence-corrected chi connectivity index (χ3v) is 5.55. The number of unbranched alkanes of at least 4 members (excludes halogenated alkanes) is 2. The number of hydrogen-bond acceptors (Lipinski definition) is 8. The van der Waals surface area contributed by atoms with Crippen molar-refractivity contribution in [3.63, 3.8) is 0 Å². The Morgan fingerprint density at radius 2 is 1.41 bits per heavy atom. The minimum atomic E-state index is -0.999. The maximum Gasteiger partial charge on any atom is 1.00 e. The smallest absolute Gasteiger partial charge is 0.691 e. The molecule has 0 aromatic rings. The minimum absolute atomic E-state index is 0. The summed E-state index contributed by atoms with van der Waals surface area (Å²) in [6.07, 6.45) is 7.93. The Hall–Kier alpha value is -0.0897. The summed E-state index contributed by atoms with van der Waals surface area (Å²) < 4.78 is 14.9. The first-order valence-corrected chi connectivity index (χ1v) is 11.3. The Balaban J connectivity index is 0. The summed E-state index contributed by atoms with van der Waals surface area (Å²) in [4.78, 5) is 24.5. The third-order valence-electron chi connectivity index (χ3n) is 4.83. The maximum atomic E-state index is 12.3. The van der Waals surface area contributed by atoms with Gasteiger partial charge in [-0.15, -0.1) is 0 Å². The summed E-state index contributed by atoms with van der Waals surface area (Å²) in [7, 11) is 0. The zero-order valence-corrected chi connectivity index (χ0v) is 20.4. The van der Waals surface area contributed by atoms with Crippen LogP contribution in [0.4, 0.5) is 0 Å². The second-order valence-corrected chi connectivity index (χ2v) is 7.97. The molecular formula is C20H37AgO7S. The summed E-state index contributed by atoms with van der Waals surface area (Å²) in [5.74, 6) is -0.530. The van der Waals surface area contributed by atoms with Gasteiger partial charge in [-0.2, -0.15) is 4.33 Å². The van der Waals surface area contributed by atoms with Crippen LogP contribution in [0.2, 0.25) is 0 Å². The predicted molar refractivity (Wildman–Crippen MR) is 107 cm³/mol. The van der Waals surface area contributed by atoms with Gasteiger partial charge < -0.3 is 14.7 Å².